The summed E-state index contributed by atoms with van der Waals surface area (Å²) in [5, 5.41) is 19.2. The normalized spacial score (nSPS) is 11.8. The van der Waals surface area contributed by atoms with Gasteiger partial charge in [0.2, 0.25) is 0 Å². The summed E-state index contributed by atoms with van der Waals surface area (Å²) in [5.74, 6) is -0.540. The number of methoxy groups -OCH3 is 1. The molecule has 0 unspecified atom stereocenters. The number of benzene rings is 2. The Balaban J connectivity index is 0.00000312. The van der Waals surface area contributed by atoms with Crippen LogP contribution in [0.3, 0.4) is 0 Å². The number of nitriles is 1. The molecule has 25 heavy (non-hydrogen) atoms. The number of hydrogen-bond acceptors (Lipinski definition) is 5. The van der Waals surface area contributed by atoms with E-state index in [0.29, 0.717) is 5.56 Å². The lowest BCUT2D eigenvalue weighted by molar-refractivity contribution is -0.274. The van der Waals surface area contributed by atoms with E-state index in [0.717, 1.165) is 12.1 Å². The van der Waals surface area contributed by atoms with Gasteiger partial charge in [0.15, 0.2) is 11.5 Å². The zero-order chi connectivity index (χ0) is 17.9. The Hall–Kier alpha value is -2.63. The smallest absolute Gasteiger partial charge is 0.504 e. The van der Waals surface area contributed by atoms with Crippen molar-refractivity contribution in [2.45, 2.75) is 12.4 Å². The maximum atomic E-state index is 12.2. The van der Waals surface area contributed by atoms with E-state index >= 15 is 0 Å². The number of nitrogens with two attached hydrogens (primary N) is 1. The largest absolute Gasteiger partial charge is 0.573 e. The number of ether oxygens (including phenoxy) is 2. The molecule has 0 radical (unpaired) electrons. The zero-order valence-corrected chi connectivity index (χ0v) is 13.7. The number of alkyl halides is 3. The van der Waals surface area contributed by atoms with Crippen LogP contribution in [0.25, 0.3) is 0 Å². The van der Waals surface area contributed by atoms with Gasteiger partial charge < -0.3 is 20.3 Å². The van der Waals surface area contributed by atoms with E-state index in [4.69, 9.17) is 15.7 Å². The standard InChI is InChI=1S/C16H13F3N2O3.ClH/c1-23-13-7-9(8-20)6-12(15(13)22)14(21)10-2-4-11(5-3-10)24-16(17,18)19;/h2-7,14,22H,21H2,1H3;1H/t14-;/m0./s1. The summed E-state index contributed by atoms with van der Waals surface area (Å²) < 4.78 is 45.3. The van der Waals surface area contributed by atoms with Gasteiger partial charge in [-0.05, 0) is 23.8 Å². The van der Waals surface area contributed by atoms with Crippen molar-refractivity contribution in [1.29, 1.82) is 5.26 Å². The Labute approximate surface area is 147 Å². The van der Waals surface area contributed by atoms with E-state index < -0.39 is 12.4 Å². The molecule has 2 aromatic rings. The third kappa shape index (κ3) is 4.92. The molecule has 0 heterocycles. The van der Waals surface area contributed by atoms with E-state index in [2.05, 4.69) is 4.74 Å². The van der Waals surface area contributed by atoms with Gasteiger partial charge in [0, 0.05) is 11.6 Å². The second-order valence-corrected chi connectivity index (χ2v) is 4.82. The highest BCUT2D eigenvalue weighted by Gasteiger charge is 2.31. The summed E-state index contributed by atoms with van der Waals surface area (Å²) in [6.07, 6.45) is -4.78. The van der Waals surface area contributed by atoms with E-state index in [1.54, 1.807) is 0 Å². The van der Waals surface area contributed by atoms with Crippen molar-refractivity contribution in [1.82, 2.24) is 0 Å². The fourth-order valence-corrected chi connectivity index (χ4v) is 2.14. The second-order valence-electron chi connectivity index (χ2n) is 4.82. The minimum atomic E-state index is -4.78. The molecule has 0 saturated heterocycles. The number of hydrogen-bond donors (Lipinski definition) is 2. The third-order valence-corrected chi connectivity index (χ3v) is 3.26. The predicted molar refractivity (Wildman–Crippen MR) is 85.8 cm³/mol. The minimum Gasteiger partial charge on any atom is -0.504 e. The van der Waals surface area contributed by atoms with Crippen LogP contribution >= 0.6 is 12.4 Å². The van der Waals surface area contributed by atoms with Crippen molar-refractivity contribution in [2.24, 2.45) is 5.73 Å². The molecule has 0 aliphatic heterocycles. The Kier molecular flexibility index (Phi) is 6.50. The van der Waals surface area contributed by atoms with E-state index in [-0.39, 0.29) is 40.8 Å². The van der Waals surface area contributed by atoms with Crippen molar-refractivity contribution >= 4 is 12.4 Å². The number of aromatic hydroxyl groups is 1. The zero-order valence-electron chi connectivity index (χ0n) is 12.9. The SMILES string of the molecule is COc1cc(C#N)cc([C@@H](N)c2ccc(OC(F)(F)F)cc2)c1O.Cl. The Morgan fingerprint density at radius 2 is 1.80 bits per heavy atom. The quantitative estimate of drug-likeness (QED) is 0.853. The Morgan fingerprint density at radius 3 is 2.28 bits per heavy atom. The van der Waals surface area contributed by atoms with Crippen LogP contribution in [-0.2, 0) is 0 Å². The number of halogens is 4. The van der Waals surface area contributed by atoms with Crippen molar-refractivity contribution in [2.75, 3.05) is 7.11 Å². The van der Waals surface area contributed by atoms with Crippen LogP contribution in [0.1, 0.15) is 22.7 Å². The van der Waals surface area contributed by atoms with Gasteiger partial charge >= 0.3 is 6.36 Å². The highest BCUT2D eigenvalue weighted by atomic mass is 35.5. The highest BCUT2D eigenvalue weighted by molar-refractivity contribution is 5.85. The van der Waals surface area contributed by atoms with Crippen LogP contribution in [0.15, 0.2) is 36.4 Å². The first-order valence-electron chi connectivity index (χ1n) is 6.67. The van der Waals surface area contributed by atoms with Crippen molar-refractivity contribution in [3.8, 4) is 23.3 Å². The predicted octanol–water partition coefficient (Wildman–Crippen LogP) is 3.64. The molecule has 0 saturated carbocycles. The minimum absolute atomic E-state index is 0. The molecule has 0 aliphatic rings. The molecule has 1 atom stereocenters. The van der Waals surface area contributed by atoms with Gasteiger partial charge in [-0.3, -0.25) is 0 Å². The Bertz CT molecular complexity index is 774. The van der Waals surface area contributed by atoms with Crippen molar-refractivity contribution in [3.63, 3.8) is 0 Å². The first-order chi connectivity index (χ1) is 11.2. The van der Waals surface area contributed by atoms with Gasteiger partial charge in [0.05, 0.1) is 24.8 Å². The molecule has 0 bridgehead atoms. The van der Waals surface area contributed by atoms with Crippen molar-refractivity contribution < 1.29 is 27.8 Å². The average Bonchev–Trinajstić information content (AvgIpc) is 2.53. The third-order valence-electron chi connectivity index (χ3n) is 3.26. The molecule has 0 aromatic heterocycles. The molecule has 2 aromatic carbocycles. The van der Waals surface area contributed by atoms with Crippen LogP contribution in [0.5, 0.6) is 17.2 Å². The van der Waals surface area contributed by atoms with E-state index in [1.807, 2.05) is 6.07 Å². The molecule has 0 spiro atoms. The van der Waals surface area contributed by atoms with Crippen LogP contribution in [0.2, 0.25) is 0 Å². The highest BCUT2D eigenvalue weighted by Crippen LogP contribution is 2.37. The molecule has 2 rings (SSSR count). The van der Waals surface area contributed by atoms with Crippen LogP contribution in [0.4, 0.5) is 13.2 Å². The van der Waals surface area contributed by atoms with Gasteiger partial charge in [-0.15, -0.1) is 25.6 Å². The average molecular weight is 375 g/mol. The molecule has 134 valence electrons. The summed E-state index contributed by atoms with van der Waals surface area (Å²) in [6, 6.07) is 8.72. The van der Waals surface area contributed by atoms with Gasteiger partial charge in [-0.1, -0.05) is 12.1 Å². The molecule has 3 N–H and O–H groups in total. The molecule has 0 aliphatic carbocycles. The lowest BCUT2D eigenvalue weighted by atomic mass is 9.96. The second kappa shape index (κ2) is 7.96. The number of nitrogens with zero attached hydrogens (tertiary/aromatic N) is 1. The Morgan fingerprint density at radius 1 is 1.20 bits per heavy atom. The number of rotatable bonds is 4. The lowest BCUT2D eigenvalue weighted by Crippen LogP contribution is -2.17. The summed E-state index contributed by atoms with van der Waals surface area (Å²) in [6.45, 7) is 0. The van der Waals surface area contributed by atoms with Gasteiger partial charge in [0.25, 0.3) is 0 Å². The van der Waals surface area contributed by atoms with Crippen LogP contribution in [-0.4, -0.2) is 18.6 Å². The first kappa shape index (κ1) is 20.4. The summed E-state index contributed by atoms with van der Waals surface area (Å²) >= 11 is 0. The number of phenolic OH excluding ortho intramolecular Hbond substituents is 1. The topological polar surface area (TPSA) is 88.5 Å². The van der Waals surface area contributed by atoms with Crippen LogP contribution < -0.4 is 15.2 Å². The van der Waals surface area contributed by atoms with E-state index in [9.17, 15) is 18.3 Å². The first-order valence-corrected chi connectivity index (χ1v) is 6.67. The summed E-state index contributed by atoms with van der Waals surface area (Å²) in [7, 11) is 1.33. The maximum absolute atomic E-state index is 12.2. The fraction of sp³-hybridized carbons (Fsp3) is 0.188. The van der Waals surface area contributed by atoms with Gasteiger partial charge in [-0.2, -0.15) is 5.26 Å². The lowest BCUT2D eigenvalue weighted by Gasteiger charge is -2.17. The van der Waals surface area contributed by atoms with Crippen molar-refractivity contribution in [3.05, 3.63) is 53.1 Å². The molecule has 0 amide bonds. The monoisotopic (exact) mass is 374 g/mol. The summed E-state index contributed by atoms with van der Waals surface area (Å²) in [4.78, 5) is 0. The van der Waals surface area contributed by atoms with Gasteiger partial charge in [-0.25, -0.2) is 0 Å². The number of phenols is 1. The molecule has 5 nitrogen and oxygen atoms in total. The van der Waals surface area contributed by atoms with Crippen LogP contribution in [0, 0.1) is 11.3 Å². The molecular weight excluding hydrogens is 361 g/mol. The molecular formula is C16H14ClF3N2O3. The molecule has 9 heteroatoms. The van der Waals surface area contributed by atoms with E-state index in [1.165, 1.54) is 31.4 Å². The molecule has 0 fully saturated rings. The van der Waals surface area contributed by atoms with Gasteiger partial charge in [0.1, 0.15) is 5.75 Å². The fourth-order valence-electron chi connectivity index (χ4n) is 2.14. The summed E-state index contributed by atoms with van der Waals surface area (Å²) in [5.41, 5.74) is 6.93. The maximum Gasteiger partial charge on any atom is 0.573 e.